The van der Waals surface area contributed by atoms with Crippen molar-refractivity contribution in [3.8, 4) is 0 Å². The van der Waals surface area contributed by atoms with E-state index in [4.69, 9.17) is 5.84 Å². The number of carbonyl (C=O) groups excluding carboxylic acids is 2. The molecule has 1 aliphatic rings. The van der Waals surface area contributed by atoms with Crippen LogP contribution in [0.2, 0.25) is 0 Å². The predicted molar refractivity (Wildman–Crippen MR) is 119 cm³/mol. The minimum absolute atomic E-state index is 0.0334. The van der Waals surface area contributed by atoms with Crippen LogP contribution in [0.4, 0.5) is 23.2 Å². The number of benzene rings is 2. The maximum absolute atomic E-state index is 14.6. The van der Waals surface area contributed by atoms with Crippen molar-refractivity contribution in [3.63, 3.8) is 0 Å². The molecule has 34 heavy (non-hydrogen) atoms. The molecule has 0 spiro atoms. The Labute approximate surface area is 194 Å². The van der Waals surface area contributed by atoms with E-state index in [0.717, 1.165) is 44.1 Å². The topological polar surface area (TPSA) is 99.5 Å². The summed E-state index contributed by atoms with van der Waals surface area (Å²) >= 11 is 0. The van der Waals surface area contributed by atoms with Gasteiger partial charge in [-0.15, -0.1) is 0 Å². The van der Waals surface area contributed by atoms with E-state index in [1.165, 1.54) is 19.1 Å². The fraction of sp³-hybridized carbons (Fsp3) is 0.391. The third-order valence-electron chi connectivity index (χ3n) is 5.91. The highest BCUT2D eigenvalue weighted by molar-refractivity contribution is 6.03. The minimum Gasteiger partial charge on any atom is -0.381 e. The molecular weight excluding hydrogens is 454 g/mol. The zero-order valence-corrected chi connectivity index (χ0v) is 18.8. The first kappa shape index (κ1) is 25.4. The monoisotopic (exact) mass is 481 g/mol. The number of amides is 2. The molecule has 2 aromatic rings. The van der Waals surface area contributed by atoms with Gasteiger partial charge in [0, 0.05) is 11.6 Å². The lowest BCUT2D eigenvalue weighted by atomic mass is 10.0. The van der Waals surface area contributed by atoms with Gasteiger partial charge in [-0.3, -0.25) is 15.0 Å². The van der Waals surface area contributed by atoms with E-state index in [-0.39, 0.29) is 22.9 Å². The van der Waals surface area contributed by atoms with E-state index in [2.05, 4.69) is 15.5 Å². The number of nitrogens with zero attached hydrogens (tertiary/aromatic N) is 1. The lowest BCUT2D eigenvalue weighted by Gasteiger charge is -2.31. The van der Waals surface area contributed by atoms with Crippen LogP contribution in [0.15, 0.2) is 30.3 Å². The first-order valence-corrected chi connectivity index (χ1v) is 10.8. The van der Waals surface area contributed by atoms with Gasteiger partial charge < -0.3 is 15.5 Å². The summed E-state index contributed by atoms with van der Waals surface area (Å²) in [5.41, 5.74) is 0.585. The van der Waals surface area contributed by atoms with E-state index in [9.17, 15) is 27.2 Å². The number of hydrogen-bond donors (Lipinski definition) is 4. The molecule has 1 fully saturated rings. The maximum atomic E-state index is 14.6. The highest BCUT2D eigenvalue weighted by Crippen LogP contribution is 2.29. The Morgan fingerprint density at radius 3 is 2.32 bits per heavy atom. The number of hydrazine groups is 1. The van der Waals surface area contributed by atoms with E-state index in [0.29, 0.717) is 0 Å². The molecule has 5 N–H and O–H groups in total. The molecule has 1 heterocycles. The van der Waals surface area contributed by atoms with Gasteiger partial charge in [-0.1, -0.05) is 18.2 Å². The number of piperidine rings is 1. The Kier molecular flexibility index (Phi) is 8.11. The fourth-order valence-electron chi connectivity index (χ4n) is 3.93. The van der Waals surface area contributed by atoms with Gasteiger partial charge in [-0.2, -0.15) is 0 Å². The number of nitrogen functional groups attached to an aromatic ring is 1. The fourth-order valence-corrected chi connectivity index (χ4v) is 3.93. The molecular formula is C23H27F4N5O2. The Morgan fingerprint density at radius 2 is 1.71 bits per heavy atom. The van der Waals surface area contributed by atoms with Crippen LogP contribution in [0.5, 0.6) is 0 Å². The maximum Gasteiger partial charge on any atom is 0.268 e. The average Bonchev–Trinajstić information content (AvgIpc) is 2.80. The minimum atomic E-state index is -3.01. The number of likely N-dealkylation sites (tertiary alicyclic amines) is 1. The number of hydrogen-bond acceptors (Lipinski definition) is 5. The van der Waals surface area contributed by atoms with Crippen LogP contribution in [0.25, 0.3) is 0 Å². The number of alkyl halides is 2. The molecule has 2 amide bonds. The Hall–Kier alpha value is -3.18. The molecule has 0 aromatic heterocycles. The van der Waals surface area contributed by atoms with Crippen LogP contribution in [-0.4, -0.2) is 42.9 Å². The predicted octanol–water partition coefficient (Wildman–Crippen LogP) is 3.50. The van der Waals surface area contributed by atoms with Gasteiger partial charge in [0.1, 0.15) is 11.6 Å². The molecule has 1 atom stereocenters. The number of nitrogens with two attached hydrogens (primary N) is 1. The molecule has 7 nitrogen and oxygen atoms in total. The quantitative estimate of drug-likeness (QED) is 0.210. The smallest absolute Gasteiger partial charge is 0.268 e. The number of nitrogens with one attached hydrogen (secondary N) is 3. The van der Waals surface area contributed by atoms with Crippen molar-refractivity contribution in [2.45, 2.75) is 38.3 Å². The van der Waals surface area contributed by atoms with Crippen molar-refractivity contribution >= 4 is 17.5 Å². The zero-order valence-electron chi connectivity index (χ0n) is 18.8. The van der Waals surface area contributed by atoms with Gasteiger partial charge in [-0.05, 0) is 52.0 Å². The van der Waals surface area contributed by atoms with Crippen LogP contribution in [-0.2, 0) is 0 Å². The lowest BCUT2D eigenvalue weighted by molar-refractivity contribution is 0.0940. The van der Waals surface area contributed by atoms with Crippen LogP contribution in [0.3, 0.4) is 0 Å². The molecule has 1 saturated heterocycles. The molecule has 1 aliphatic heterocycles. The first-order valence-electron chi connectivity index (χ1n) is 10.8. The first-order chi connectivity index (χ1) is 16.1. The van der Waals surface area contributed by atoms with Gasteiger partial charge >= 0.3 is 0 Å². The van der Waals surface area contributed by atoms with Crippen molar-refractivity contribution in [1.82, 2.24) is 15.6 Å². The molecule has 2 aromatic carbocycles. The molecule has 0 aliphatic carbocycles. The second-order valence-corrected chi connectivity index (χ2v) is 8.32. The molecule has 0 bridgehead atoms. The number of halogens is 4. The summed E-state index contributed by atoms with van der Waals surface area (Å²) in [6.45, 7) is 3.06. The highest BCUT2D eigenvalue weighted by Gasteiger charge is 2.25. The Balaban J connectivity index is 1.91. The zero-order chi connectivity index (χ0) is 25.0. The van der Waals surface area contributed by atoms with Gasteiger partial charge in [0.25, 0.3) is 18.2 Å². The largest absolute Gasteiger partial charge is 0.381 e. The summed E-state index contributed by atoms with van der Waals surface area (Å²) in [6.07, 6.45) is -1.50. The summed E-state index contributed by atoms with van der Waals surface area (Å²) < 4.78 is 55.3. The summed E-state index contributed by atoms with van der Waals surface area (Å²) in [5.74, 6) is 1.46. The summed E-state index contributed by atoms with van der Waals surface area (Å²) in [5, 5.41) is 5.71. The van der Waals surface area contributed by atoms with Crippen molar-refractivity contribution in [3.05, 3.63) is 64.2 Å². The molecule has 3 rings (SSSR count). The van der Waals surface area contributed by atoms with E-state index in [1.54, 1.807) is 0 Å². The Bertz CT molecular complexity index is 1060. The van der Waals surface area contributed by atoms with Gasteiger partial charge in [-0.25, -0.2) is 23.4 Å². The SMILES string of the molecule is C[C@@H](NC(=O)c1cc(C(=O)NN)c(F)cc1NC1CCN(C)CC1)c1cccc(C(F)F)c1F. The van der Waals surface area contributed by atoms with Crippen LogP contribution in [0, 0.1) is 11.6 Å². The van der Waals surface area contributed by atoms with Crippen molar-refractivity contribution in [1.29, 1.82) is 0 Å². The Morgan fingerprint density at radius 1 is 1.06 bits per heavy atom. The van der Waals surface area contributed by atoms with Gasteiger partial charge in [0.15, 0.2) is 0 Å². The number of anilines is 1. The third kappa shape index (κ3) is 5.65. The van der Waals surface area contributed by atoms with Crippen LogP contribution < -0.4 is 21.9 Å². The summed E-state index contributed by atoms with van der Waals surface area (Å²) in [7, 11) is 1.98. The van der Waals surface area contributed by atoms with Crippen molar-refractivity contribution in [2.75, 3.05) is 25.5 Å². The standard InChI is InChI=1S/C23H27F4N5O2/c1-12(14-4-3-5-15(20(14)25)21(26)27)29-22(33)17-10-16(23(34)31-28)18(24)11-19(17)30-13-6-8-32(2)9-7-13/h3-5,10-13,21,30H,6-9,28H2,1-2H3,(H,29,33)(H,31,34)/t12-/m1/s1. The lowest BCUT2D eigenvalue weighted by Crippen LogP contribution is -2.37. The van der Waals surface area contributed by atoms with Gasteiger partial charge in [0.05, 0.1) is 28.4 Å². The second-order valence-electron chi connectivity index (χ2n) is 8.32. The molecule has 11 heteroatoms. The molecule has 0 saturated carbocycles. The van der Waals surface area contributed by atoms with E-state index in [1.807, 2.05) is 12.5 Å². The van der Waals surface area contributed by atoms with Crippen LogP contribution in [0.1, 0.15) is 64.1 Å². The number of carbonyl (C=O) groups is 2. The van der Waals surface area contributed by atoms with E-state index >= 15 is 0 Å². The van der Waals surface area contributed by atoms with E-state index < -0.39 is 47.0 Å². The summed E-state index contributed by atoms with van der Waals surface area (Å²) in [4.78, 5) is 27.3. The summed E-state index contributed by atoms with van der Waals surface area (Å²) in [6, 6.07) is 4.62. The number of rotatable bonds is 7. The molecule has 0 unspecified atom stereocenters. The second kappa shape index (κ2) is 10.8. The normalized spacial score (nSPS) is 15.8. The average molecular weight is 481 g/mol. The van der Waals surface area contributed by atoms with Crippen molar-refractivity contribution in [2.24, 2.45) is 5.84 Å². The molecule has 184 valence electrons. The molecule has 0 radical (unpaired) electrons. The van der Waals surface area contributed by atoms with Crippen molar-refractivity contribution < 1.29 is 27.2 Å². The van der Waals surface area contributed by atoms with Crippen LogP contribution >= 0.6 is 0 Å². The highest BCUT2D eigenvalue weighted by atomic mass is 19.3. The van der Waals surface area contributed by atoms with Gasteiger partial charge in [0.2, 0.25) is 0 Å². The third-order valence-corrected chi connectivity index (χ3v) is 5.91.